The summed E-state index contributed by atoms with van der Waals surface area (Å²) in [6.45, 7) is 12.5. The highest BCUT2D eigenvalue weighted by Crippen LogP contribution is 2.25. The number of halogens is 1. The highest BCUT2D eigenvalue weighted by molar-refractivity contribution is 9.10. The van der Waals surface area contributed by atoms with Crippen LogP contribution in [0.3, 0.4) is 0 Å². The Labute approximate surface area is 146 Å². The van der Waals surface area contributed by atoms with Crippen molar-refractivity contribution in [3.05, 3.63) is 45.7 Å². The van der Waals surface area contributed by atoms with Crippen molar-refractivity contribution in [1.29, 1.82) is 0 Å². The lowest BCUT2D eigenvalue weighted by Gasteiger charge is -2.23. The Hall–Kier alpha value is -1.62. The van der Waals surface area contributed by atoms with Gasteiger partial charge in [0.25, 0.3) is 5.91 Å². The molecule has 124 valence electrons. The van der Waals surface area contributed by atoms with Crippen LogP contribution in [0.5, 0.6) is 0 Å². The van der Waals surface area contributed by atoms with Gasteiger partial charge in [-0.05, 0) is 63.4 Å². The second-order valence-electron chi connectivity index (χ2n) is 7.11. The standard InChI is InChI=1S/C18H24BrN3O/c1-11(2)16-10-15(21-22(16)18(4,5)6)17(23)20-14-8-7-13(19)9-12(14)3/h7-11H,1-6H3,(H,20,23). The number of nitrogens with one attached hydrogen (secondary N) is 1. The summed E-state index contributed by atoms with van der Waals surface area (Å²) in [4.78, 5) is 12.6. The summed E-state index contributed by atoms with van der Waals surface area (Å²) in [5.74, 6) is 0.123. The van der Waals surface area contributed by atoms with E-state index in [4.69, 9.17) is 0 Å². The summed E-state index contributed by atoms with van der Waals surface area (Å²) in [6, 6.07) is 7.67. The van der Waals surface area contributed by atoms with Gasteiger partial charge in [-0.3, -0.25) is 9.48 Å². The predicted octanol–water partition coefficient (Wildman–Crippen LogP) is 5.08. The van der Waals surface area contributed by atoms with Crippen LogP contribution in [0, 0.1) is 6.92 Å². The van der Waals surface area contributed by atoms with Gasteiger partial charge >= 0.3 is 0 Å². The third-order valence-corrected chi connectivity index (χ3v) is 4.13. The molecule has 0 aliphatic rings. The highest BCUT2D eigenvalue weighted by atomic mass is 79.9. The molecule has 0 spiro atoms. The molecule has 23 heavy (non-hydrogen) atoms. The number of aromatic nitrogens is 2. The molecule has 4 nitrogen and oxygen atoms in total. The first-order valence-corrected chi connectivity index (χ1v) is 8.57. The molecule has 0 aliphatic heterocycles. The number of hydrogen-bond donors (Lipinski definition) is 1. The van der Waals surface area contributed by atoms with Gasteiger partial charge in [0.05, 0.1) is 5.54 Å². The average Bonchev–Trinajstić information content (AvgIpc) is 2.87. The Morgan fingerprint density at radius 2 is 1.91 bits per heavy atom. The van der Waals surface area contributed by atoms with E-state index in [1.807, 2.05) is 35.9 Å². The zero-order valence-electron chi connectivity index (χ0n) is 14.6. The van der Waals surface area contributed by atoms with Crippen molar-refractivity contribution >= 4 is 27.5 Å². The van der Waals surface area contributed by atoms with E-state index in [1.165, 1.54) is 0 Å². The summed E-state index contributed by atoms with van der Waals surface area (Å²) in [6.07, 6.45) is 0. The van der Waals surface area contributed by atoms with Gasteiger partial charge in [-0.15, -0.1) is 0 Å². The SMILES string of the molecule is Cc1cc(Br)ccc1NC(=O)c1cc(C(C)C)n(C(C)(C)C)n1. The molecule has 1 heterocycles. The van der Waals surface area contributed by atoms with E-state index >= 15 is 0 Å². The molecular weight excluding hydrogens is 354 g/mol. The quantitative estimate of drug-likeness (QED) is 0.809. The summed E-state index contributed by atoms with van der Waals surface area (Å²) in [5.41, 5.74) is 3.16. The molecule has 0 saturated heterocycles. The van der Waals surface area contributed by atoms with Crippen molar-refractivity contribution < 1.29 is 4.79 Å². The van der Waals surface area contributed by atoms with Gasteiger partial charge in [-0.25, -0.2) is 0 Å². The summed E-state index contributed by atoms with van der Waals surface area (Å²) in [7, 11) is 0. The van der Waals surface area contributed by atoms with E-state index in [-0.39, 0.29) is 11.4 Å². The van der Waals surface area contributed by atoms with Crippen LogP contribution in [-0.2, 0) is 5.54 Å². The first-order chi connectivity index (χ1) is 10.6. The molecule has 1 N–H and O–H groups in total. The Morgan fingerprint density at radius 1 is 1.26 bits per heavy atom. The summed E-state index contributed by atoms with van der Waals surface area (Å²) in [5, 5.41) is 7.49. The second-order valence-corrected chi connectivity index (χ2v) is 8.02. The van der Waals surface area contributed by atoms with Gasteiger partial charge in [0.15, 0.2) is 5.69 Å². The number of benzene rings is 1. The molecule has 0 bridgehead atoms. The third-order valence-electron chi connectivity index (χ3n) is 3.63. The fraction of sp³-hybridized carbons (Fsp3) is 0.444. The molecule has 1 amide bonds. The molecular formula is C18H24BrN3O. The number of carbonyl (C=O) groups excluding carboxylic acids is 1. The first kappa shape index (κ1) is 17.7. The number of nitrogens with zero attached hydrogens (tertiary/aromatic N) is 2. The number of amides is 1. The minimum Gasteiger partial charge on any atom is -0.320 e. The second kappa shape index (κ2) is 6.48. The monoisotopic (exact) mass is 377 g/mol. The third kappa shape index (κ3) is 4.02. The maximum atomic E-state index is 12.6. The number of aryl methyl sites for hydroxylation is 1. The van der Waals surface area contributed by atoms with E-state index < -0.39 is 0 Å². The van der Waals surface area contributed by atoms with Gasteiger partial charge in [0.1, 0.15) is 0 Å². The fourth-order valence-corrected chi connectivity index (χ4v) is 2.88. The molecule has 0 saturated carbocycles. The molecule has 0 unspecified atom stereocenters. The fourth-order valence-electron chi connectivity index (χ4n) is 2.41. The van der Waals surface area contributed by atoms with E-state index in [2.05, 4.69) is 61.0 Å². The molecule has 0 atom stereocenters. The van der Waals surface area contributed by atoms with Crippen LogP contribution in [0.25, 0.3) is 0 Å². The van der Waals surface area contributed by atoms with Crippen molar-refractivity contribution in [3.63, 3.8) is 0 Å². The number of anilines is 1. The van der Waals surface area contributed by atoms with Crippen molar-refractivity contribution in [3.8, 4) is 0 Å². The van der Waals surface area contributed by atoms with Crippen LogP contribution in [0.1, 0.15) is 62.3 Å². The lowest BCUT2D eigenvalue weighted by Crippen LogP contribution is -2.26. The Balaban J connectivity index is 2.33. The lowest BCUT2D eigenvalue weighted by molar-refractivity contribution is 0.102. The number of rotatable bonds is 3. The number of carbonyl (C=O) groups is 1. The Bertz CT molecular complexity index is 726. The van der Waals surface area contributed by atoms with Crippen LogP contribution in [0.4, 0.5) is 5.69 Å². The molecule has 0 fully saturated rings. The highest BCUT2D eigenvalue weighted by Gasteiger charge is 2.23. The van der Waals surface area contributed by atoms with Crippen molar-refractivity contribution in [2.75, 3.05) is 5.32 Å². The maximum absolute atomic E-state index is 12.6. The molecule has 1 aromatic carbocycles. The van der Waals surface area contributed by atoms with Gasteiger partial charge < -0.3 is 5.32 Å². The van der Waals surface area contributed by atoms with Crippen LogP contribution >= 0.6 is 15.9 Å². The van der Waals surface area contributed by atoms with Crippen molar-refractivity contribution in [1.82, 2.24) is 9.78 Å². The molecule has 0 aliphatic carbocycles. The zero-order valence-corrected chi connectivity index (χ0v) is 16.2. The van der Waals surface area contributed by atoms with Crippen LogP contribution in [-0.4, -0.2) is 15.7 Å². The van der Waals surface area contributed by atoms with E-state index in [0.29, 0.717) is 11.6 Å². The minimum absolute atomic E-state index is 0.161. The molecule has 0 radical (unpaired) electrons. The Kier molecular flexibility index (Phi) is 4.99. The largest absolute Gasteiger partial charge is 0.320 e. The predicted molar refractivity (Wildman–Crippen MR) is 98.1 cm³/mol. The van der Waals surface area contributed by atoms with Gasteiger partial charge in [-0.2, -0.15) is 5.10 Å². The minimum atomic E-state index is -0.180. The zero-order chi connectivity index (χ0) is 17.4. The van der Waals surface area contributed by atoms with E-state index in [1.54, 1.807) is 0 Å². The van der Waals surface area contributed by atoms with Crippen LogP contribution in [0.15, 0.2) is 28.7 Å². The van der Waals surface area contributed by atoms with Crippen LogP contribution in [0.2, 0.25) is 0 Å². The average molecular weight is 378 g/mol. The molecule has 2 aromatic rings. The molecule has 1 aromatic heterocycles. The molecule has 2 rings (SSSR count). The van der Waals surface area contributed by atoms with E-state index in [9.17, 15) is 4.79 Å². The normalized spacial score (nSPS) is 11.8. The van der Waals surface area contributed by atoms with Crippen molar-refractivity contribution in [2.24, 2.45) is 0 Å². The first-order valence-electron chi connectivity index (χ1n) is 7.77. The Morgan fingerprint density at radius 3 is 2.39 bits per heavy atom. The molecule has 5 heteroatoms. The van der Waals surface area contributed by atoms with Crippen LogP contribution < -0.4 is 5.32 Å². The van der Waals surface area contributed by atoms with Gasteiger partial charge in [-0.1, -0.05) is 29.8 Å². The van der Waals surface area contributed by atoms with Crippen molar-refractivity contribution in [2.45, 2.75) is 53.0 Å². The van der Waals surface area contributed by atoms with Gasteiger partial charge in [0.2, 0.25) is 0 Å². The van der Waals surface area contributed by atoms with E-state index in [0.717, 1.165) is 21.4 Å². The van der Waals surface area contributed by atoms with Gasteiger partial charge in [0, 0.05) is 15.9 Å². The maximum Gasteiger partial charge on any atom is 0.276 e. The topological polar surface area (TPSA) is 46.9 Å². The smallest absolute Gasteiger partial charge is 0.276 e. The lowest BCUT2D eigenvalue weighted by atomic mass is 10.1. The summed E-state index contributed by atoms with van der Waals surface area (Å²) < 4.78 is 2.94. The number of hydrogen-bond acceptors (Lipinski definition) is 2. The summed E-state index contributed by atoms with van der Waals surface area (Å²) >= 11 is 3.43.